The lowest BCUT2D eigenvalue weighted by atomic mass is 10.1. The molecular weight excluding hydrogens is 388 g/mol. The van der Waals surface area contributed by atoms with Crippen LogP contribution < -0.4 is 15.8 Å². The molecule has 1 aromatic carbocycles. The third-order valence-electron chi connectivity index (χ3n) is 4.32. The molecule has 0 spiro atoms. The molecule has 0 amide bonds. The summed E-state index contributed by atoms with van der Waals surface area (Å²) in [4.78, 5) is 12.5. The zero-order valence-electron chi connectivity index (χ0n) is 17.4. The third kappa shape index (κ3) is 5.56. The van der Waals surface area contributed by atoms with Crippen molar-refractivity contribution in [3.05, 3.63) is 35.4 Å². The van der Waals surface area contributed by atoms with Crippen LogP contribution >= 0.6 is 0 Å². The number of fused-ring (bicyclic) bond motifs is 1. The SMILES string of the molecule is COCCOc1nc(N)c2nc(O)n(Cc3cccc(CNCC(C)(C)O)c3)c2n1. The Bertz CT molecular complexity index is 999. The van der Waals surface area contributed by atoms with E-state index in [0.717, 1.165) is 11.1 Å². The van der Waals surface area contributed by atoms with Crippen molar-refractivity contribution in [2.45, 2.75) is 32.5 Å². The molecule has 10 nitrogen and oxygen atoms in total. The molecule has 0 bridgehead atoms. The number of aromatic hydroxyl groups is 1. The van der Waals surface area contributed by atoms with Crippen LogP contribution in [0.2, 0.25) is 0 Å². The van der Waals surface area contributed by atoms with Gasteiger partial charge in [0.25, 0.3) is 6.01 Å². The summed E-state index contributed by atoms with van der Waals surface area (Å²) in [5, 5.41) is 23.4. The molecule has 0 saturated carbocycles. The Morgan fingerprint density at radius 2 is 1.93 bits per heavy atom. The lowest BCUT2D eigenvalue weighted by molar-refractivity contribution is 0.0795. The van der Waals surface area contributed by atoms with Crippen molar-refractivity contribution in [2.75, 3.05) is 32.6 Å². The third-order valence-corrected chi connectivity index (χ3v) is 4.32. The van der Waals surface area contributed by atoms with Crippen molar-refractivity contribution >= 4 is 17.0 Å². The number of methoxy groups -OCH3 is 1. The van der Waals surface area contributed by atoms with E-state index < -0.39 is 5.60 Å². The van der Waals surface area contributed by atoms with Gasteiger partial charge in [-0.15, -0.1) is 0 Å². The Labute approximate surface area is 174 Å². The Morgan fingerprint density at radius 3 is 2.67 bits per heavy atom. The molecule has 3 rings (SSSR count). The van der Waals surface area contributed by atoms with Gasteiger partial charge < -0.3 is 30.7 Å². The van der Waals surface area contributed by atoms with E-state index in [9.17, 15) is 10.2 Å². The van der Waals surface area contributed by atoms with Crippen molar-refractivity contribution in [1.82, 2.24) is 24.8 Å². The van der Waals surface area contributed by atoms with Gasteiger partial charge in [-0.2, -0.15) is 15.0 Å². The number of nitrogen functional groups attached to an aromatic ring is 1. The smallest absolute Gasteiger partial charge is 0.320 e. The van der Waals surface area contributed by atoms with Crippen LogP contribution in [0.5, 0.6) is 12.0 Å². The number of hydrogen-bond donors (Lipinski definition) is 4. The fourth-order valence-electron chi connectivity index (χ4n) is 2.95. The number of rotatable bonds is 10. The van der Waals surface area contributed by atoms with E-state index in [2.05, 4.69) is 20.3 Å². The first-order valence-electron chi connectivity index (χ1n) is 9.62. The number of imidazole rings is 1. The summed E-state index contributed by atoms with van der Waals surface area (Å²) in [5.41, 5.74) is 7.90. The minimum Gasteiger partial charge on any atom is -0.480 e. The van der Waals surface area contributed by atoms with Gasteiger partial charge in [0.1, 0.15) is 6.61 Å². The first kappa shape index (κ1) is 21.8. The van der Waals surface area contributed by atoms with Gasteiger partial charge in [0.15, 0.2) is 17.0 Å². The highest BCUT2D eigenvalue weighted by Gasteiger charge is 2.17. The molecule has 2 heterocycles. The van der Waals surface area contributed by atoms with Crippen LogP contribution in [0.1, 0.15) is 25.0 Å². The van der Waals surface area contributed by atoms with Crippen molar-refractivity contribution < 1.29 is 19.7 Å². The molecule has 0 aliphatic rings. The summed E-state index contributed by atoms with van der Waals surface area (Å²) in [6.07, 6.45) is 0. The van der Waals surface area contributed by atoms with Gasteiger partial charge in [0, 0.05) is 20.2 Å². The molecule has 0 aliphatic heterocycles. The minimum absolute atomic E-state index is 0.0998. The summed E-state index contributed by atoms with van der Waals surface area (Å²) in [6.45, 7) is 5.61. The maximum Gasteiger partial charge on any atom is 0.320 e. The number of ether oxygens (including phenoxy) is 2. The van der Waals surface area contributed by atoms with Gasteiger partial charge in [-0.3, -0.25) is 4.57 Å². The summed E-state index contributed by atoms with van der Waals surface area (Å²) >= 11 is 0. The van der Waals surface area contributed by atoms with Crippen LogP contribution in [0.25, 0.3) is 11.2 Å². The van der Waals surface area contributed by atoms with Crippen molar-refractivity contribution in [1.29, 1.82) is 0 Å². The van der Waals surface area contributed by atoms with E-state index in [1.54, 1.807) is 25.5 Å². The van der Waals surface area contributed by atoms with E-state index >= 15 is 0 Å². The van der Waals surface area contributed by atoms with E-state index in [0.29, 0.717) is 37.4 Å². The molecule has 0 fully saturated rings. The number of aromatic nitrogens is 4. The van der Waals surface area contributed by atoms with Gasteiger partial charge >= 0.3 is 6.01 Å². The van der Waals surface area contributed by atoms with Gasteiger partial charge in [-0.05, 0) is 25.0 Å². The molecule has 10 heteroatoms. The zero-order chi connectivity index (χ0) is 21.7. The first-order chi connectivity index (χ1) is 14.3. The fourth-order valence-corrected chi connectivity index (χ4v) is 2.95. The first-order valence-corrected chi connectivity index (χ1v) is 9.62. The second kappa shape index (κ2) is 9.24. The fraction of sp³-hybridized carbons (Fsp3) is 0.450. The predicted octanol–water partition coefficient (Wildman–Crippen LogP) is 1.05. The molecule has 2 aromatic heterocycles. The van der Waals surface area contributed by atoms with Gasteiger partial charge in [0.05, 0.1) is 18.8 Å². The summed E-state index contributed by atoms with van der Waals surface area (Å²) in [7, 11) is 1.57. The molecule has 162 valence electrons. The summed E-state index contributed by atoms with van der Waals surface area (Å²) < 4.78 is 12.0. The number of aliphatic hydroxyl groups is 1. The van der Waals surface area contributed by atoms with E-state index in [1.807, 2.05) is 24.3 Å². The highest BCUT2D eigenvalue weighted by molar-refractivity contribution is 5.83. The monoisotopic (exact) mass is 416 g/mol. The van der Waals surface area contributed by atoms with Crippen LogP contribution in [0.3, 0.4) is 0 Å². The highest BCUT2D eigenvalue weighted by Crippen LogP contribution is 2.25. The van der Waals surface area contributed by atoms with E-state index in [-0.39, 0.29) is 24.4 Å². The number of nitrogens with one attached hydrogen (secondary N) is 1. The Hall–Kier alpha value is -2.95. The maximum atomic E-state index is 10.4. The van der Waals surface area contributed by atoms with Crippen LogP contribution in [-0.4, -0.2) is 62.2 Å². The molecule has 0 saturated heterocycles. The molecule has 0 unspecified atom stereocenters. The molecule has 0 atom stereocenters. The van der Waals surface area contributed by atoms with Gasteiger partial charge in [-0.1, -0.05) is 24.3 Å². The average molecular weight is 416 g/mol. The van der Waals surface area contributed by atoms with Gasteiger partial charge in [-0.25, -0.2) is 0 Å². The van der Waals surface area contributed by atoms with E-state index in [1.165, 1.54) is 0 Å². The number of nitrogens with zero attached hydrogens (tertiary/aromatic N) is 4. The van der Waals surface area contributed by atoms with Crippen molar-refractivity contribution in [2.24, 2.45) is 0 Å². The summed E-state index contributed by atoms with van der Waals surface area (Å²) in [6, 6.07) is 7.80. The second-order valence-electron chi connectivity index (χ2n) is 7.64. The number of nitrogens with two attached hydrogens (primary N) is 1. The van der Waals surface area contributed by atoms with Crippen LogP contribution in [0.15, 0.2) is 24.3 Å². The quantitative estimate of drug-likeness (QED) is 0.357. The van der Waals surface area contributed by atoms with Crippen LogP contribution in [0.4, 0.5) is 5.82 Å². The molecule has 0 aliphatic carbocycles. The molecular formula is C20H28N6O4. The molecule has 3 aromatic rings. The number of anilines is 1. The highest BCUT2D eigenvalue weighted by atomic mass is 16.5. The van der Waals surface area contributed by atoms with Crippen molar-refractivity contribution in [3.63, 3.8) is 0 Å². The standard InChI is InChI=1S/C20H28N6O4/c1-20(2,28)12-22-10-13-5-4-6-14(9-13)11-26-17-15(23-19(26)27)16(21)24-18(25-17)30-8-7-29-3/h4-6,9,22,28H,7-8,10-12H2,1-3H3,(H,23,27)(H2,21,24,25). The van der Waals surface area contributed by atoms with Crippen LogP contribution in [-0.2, 0) is 17.8 Å². The Morgan fingerprint density at radius 1 is 1.17 bits per heavy atom. The number of benzene rings is 1. The Kier molecular flexibility index (Phi) is 6.70. The molecule has 0 radical (unpaired) electrons. The van der Waals surface area contributed by atoms with Crippen molar-refractivity contribution in [3.8, 4) is 12.0 Å². The largest absolute Gasteiger partial charge is 0.480 e. The lowest BCUT2D eigenvalue weighted by Gasteiger charge is -2.17. The second-order valence-corrected chi connectivity index (χ2v) is 7.64. The maximum absolute atomic E-state index is 10.4. The normalized spacial score (nSPS) is 11.9. The lowest BCUT2D eigenvalue weighted by Crippen LogP contribution is -2.34. The van der Waals surface area contributed by atoms with Gasteiger partial charge in [0.2, 0.25) is 0 Å². The number of hydrogen-bond acceptors (Lipinski definition) is 9. The topological polar surface area (TPSA) is 141 Å². The summed E-state index contributed by atoms with van der Waals surface area (Å²) in [5.74, 6) is 0.131. The zero-order valence-corrected chi connectivity index (χ0v) is 17.4. The minimum atomic E-state index is -0.776. The average Bonchev–Trinajstić information content (AvgIpc) is 2.98. The molecule has 30 heavy (non-hydrogen) atoms. The predicted molar refractivity (Wildman–Crippen MR) is 112 cm³/mol. The Balaban J connectivity index is 1.81. The van der Waals surface area contributed by atoms with Crippen LogP contribution in [0, 0.1) is 0 Å². The molecule has 5 N–H and O–H groups in total. The van der Waals surface area contributed by atoms with E-state index in [4.69, 9.17) is 15.2 Å².